The van der Waals surface area contributed by atoms with E-state index in [9.17, 15) is 0 Å². The average molecular weight is 489 g/mol. The molecular formula is C30H27Cl2P. The molecule has 0 aliphatic heterocycles. The van der Waals surface area contributed by atoms with Crippen LogP contribution in [0.15, 0.2) is 121 Å². The molecule has 1 saturated carbocycles. The highest BCUT2D eigenvalue weighted by Crippen LogP contribution is 2.56. The zero-order chi connectivity index (χ0) is 21.8. The van der Waals surface area contributed by atoms with Crippen LogP contribution in [0.3, 0.4) is 0 Å². The SMILES string of the molecule is Clc1ccc(C(=CC[P+](c2ccccc2)(c2ccccc2)c2ccccc2)C2CC2)cc1.[Cl-]. The van der Waals surface area contributed by atoms with Gasteiger partial charge in [-0.2, -0.15) is 0 Å². The highest BCUT2D eigenvalue weighted by Gasteiger charge is 2.44. The summed E-state index contributed by atoms with van der Waals surface area (Å²) in [4.78, 5) is 0. The molecule has 0 amide bonds. The molecule has 0 unspecified atom stereocenters. The van der Waals surface area contributed by atoms with Gasteiger partial charge in [-0.3, -0.25) is 0 Å². The van der Waals surface area contributed by atoms with E-state index in [-0.39, 0.29) is 12.4 Å². The van der Waals surface area contributed by atoms with Crippen LogP contribution >= 0.6 is 18.9 Å². The maximum atomic E-state index is 6.19. The average Bonchev–Trinajstić information content (AvgIpc) is 3.70. The van der Waals surface area contributed by atoms with Gasteiger partial charge in [0.1, 0.15) is 23.2 Å². The van der Waals surface area contributed by atoms with Gasteiger partial charge in [-0.1, -0.05) is 78.3 Å². The Morgan fingerprint density at radius 2 is 1.09 bits per heavy atom. The molecule has 0 N–H and O–H groups in total. The molecule has 166 valence electrons. The van der Waals surface area contributed by atoms with Gasteiger partial charge in [0, 0.05) is 5.02 Å². The highest BCUT2D eigenvalue weighted by atomic mass is 35.5. The summed E-state index contributed by atoms with van der Waals surface area (Å²) in [7, 11) is -1.85. The van der Waals surface area contributed by atoms with Crippen molar-refractivity contribution in [3.63, 3.8) is 0 Å². The van der Waals surface area contributed by atoms with Crippen LogP contribution in [0.2, 0.25) is 5.02 Å². The number of benzene rings is 4. The van der Waals surface area contributed by atoms with Crippen molar-refractivity contribution in [2.75, 3.05) is 6.16 Å². The molecule has 1 aliphatic carbocycles. The molecule has 5 rings (SSSR count). The number of hydrogen-bond acceptors (Lipinski definition) is 0. The second-order valence-corrected chi connectivity index (χ2v) is 12.4. The van der Waals surface area contributed by atoms with Crippen LogP contribution in [0.25, 0.3) is 5.57 Å². The number of hydrogen-bond donors (Lipinski definition) is 0. The van der Waals surface area contributed by atoms with E-state index in [1.807, 2.05) is 12.1 Å². The Morgan fingerprint density at radius 1 is 0.667 bits per heavy atom. The van der Waals surface area contributed by atoms with E-state index < -0.39 is 7.26 Å². The molecular weight excluding hydrogens is 462 g/mol. The fraction of sp³-hybridized carbons (Fsp3) is 0.133. The lowest BCUT2D eigenvalue weighted by molar-refractivity contribution is -0.00000605. The fourth-order valence-corrected chi connectivity index (χ4v) is 8.77. The Hall–Kier alpha value is -2.37. The van der Waals surface area contributed by atoms with Crippen LogP contribution in [0.5, 0.6) is 0 Å². The van der Waals surface area contributed by atoms with Crippen molar-refractivity contribution in [1.29, 1.82) is 0 Å². The first-order valence-corrected chi connectivity index (χ1v) is 13.6. The smallest absolute Gasteiger partial charge is 0.115 e. The first-order valence-electron chi connectivity index (χ1n) is 11.3. The molecule has 0 heterocycles. The summed E-state index contributed by atoms with van der Waals surface area (Å²) in [5, 5.41) is 5.09. The zero-order valence-electron chi connectivity index (χ0n) is 18.4. The molecule has 1 aliphatic rings. The number of halogens is 2. The van der Waals surface area contributed by atoms with E-state index in [1.54, 1.807) is 0 Å². The summed E-state index contributed by atoms with van der Waals surface area (Å²) in [5.74, 6) is 0.667. The molecule has 0 bridgehead atoms. The highest BCUT2D eigenvalue weighted by molar-refractivity contribution is 7.95. The lowest BCUT2D eigenvalue weighted by atomic mass is 10.0. The van der Waals surface area contributed by atoms with Crippen molar-refractivity contribution in [2.24, 2.45) is 5.92 Å². The van der Waals surface area contributed by atoms with Crippen molar-refractivity contribution >= 4 is 40.4 Å². The zero-order valence-corrected chi connectivity index (χ0v) is 20.9. The molecule has 0 aromatic heterocycles. The summed E-state index contributed by atoms with van der Waals surface area (Å²) in [6, 6.07) is 41.8. The van der Waals surface area contributed by atoms with E-state index in [2.05, 4.69) is 109 Å². The Balaban J connectivity index is 0.00000259. The first kappa shape index (κ1) is 23.8. The summed E-state index contributed by atoms with van der Waals surface area (Å²) in [5.41, 5.74) is 2.79. The summed E-state index contributed by atoms with van der Waals surface area (Å²) in [6.45, 7) is 0. The molecule has 0 atom stereocenters. The summed E-state index contributed by atoms with van der Waals surface area (Å²) in [6.07, 6.45) is 6.12. The molecule has 0 radical (unpaired) electrons. The van der Waals surface area contributed by atoms with Crippen molar-refractivity contribution in [3.8, 4) is 0 Å². The van der Waals surface area contributed by atoms with Crippen LogP contribution in [0.1, 0.15) is 18.4 Å². The third-order valence-corrected chi connectivity index (χ3v) is 10.9. The summed E-state index contributed by atoms with van der Waals surface area (Å²) >= 11 is 6.19. The van der Waals surface area contributed by atoms with Gasteiger partial charge >= 0.3 is 0 Å². The molecule has 0 nitrogen and oxygen atoms in total. The van der Waals surface area contributed by atoms with Crippen molar-refractivity contribution < 1.29 is 12.4 Å². The minimum atomic E-state index is -1.85. The van der Waals surface area contributed by atoms with Crippen LogP contribution in [0, 0.1) is 5.92 Å². The molecule has 0 saturated heterocycles. The fourth-order valence-electron chi connectivity index (χ4n) is 4.60. The van der Waals surface area contributed by atoms with E-state index in [0.29, 0.717) is 5.92 Å². The predicted molar refractivity (Wildman–Crippen MR) is 142 cm³/mol. The molecule has 0 spiro atoms. The summed E-state index contributed by atoms with van der Waals surface area (Å²) < 4.78 is 0. The van der Waals surface area contributed by atoms with Gasteiger partial charge in [-0.15, -0.1) is 0 Å². The Morgan fingerprint density at radius 3 is 1.48 bits per heavy atom. The van der Waals surface area contributed by atoms with Gasteiger partial charge in [-0.25, -0.2) is 0 Å². The minimum Gasteiger partial charge on any atom is -1.00 e. The Bertz CT molecular complexity index is 1090. The standard InChI is InChI=1S/C30H27ClP.ClH/c31-26-20-18-25(19-21-26)30(24-16-17-24)22-23-32(27-10-4-1-5-11-27,28-12-6-2-7-13-28)29-14-8-3-9-15-29;/h1-15,18-22,24H,16-17,23H2;1H/q+1;/p-1. The van der Waals surface area contributed by atoms with Gasteiger partial charge in [0.2, 0.25) is 0 Å². The Labute approximate surface area is 209 Å². The molecule has 1 fully saturated rings. The lowest BCUT2D eigenvalue weighted by Crippen LogP contribution is -3.00. The van der Waals surface area contributed by atoms with E-state index in [0.717, 1.165) is 11.2 Å². The lowest BCUT2D eigenvalue weighted by Gasteiger charge is -2.27. The molecule has 4 aromatic carbocycles. The van der Waals surface area contributed by atoms with Gasteiger partial charge < -0.3 is 12.4 Å². The number of rotatable bonds is 7. The van der Waals surface area contributed by atoms with Crippen LogP contribution in [-0.2, 0) is 0 Å². The van der Waals surface area contributed by atoms with Gasteiger partial charge in [0.25, 0.3) is 0 Å². The van der Waals surface area contributed by atoms with Gasteiger partial charge in [0.05, 0.1) is 6.16 Å². The Kier molecular flexibility index (Phi) is 7.71. The van der Waals surface area contributed by atoms with Gasteiger partial charge in [0.15, 0.2) is 0 Å². The maximum absolute atomic E-state index is 6.19. The van der Waals surface area contributed by atoms with Crippen LogP contribution in [-0.4, -0.2) is 6.16 Å². The predicted octanol–water partition coefficient (Wildman–Crippen LogP) is 4.13. The molecule has 4 aromatic rings. The van der Waals surface area contributed by atoms with E-state index in [1.165, 1.54) is 39.9 Å². The second kappa shape index (κ2) is 10.7. The number of allylic oxidation sites excluding steroid dienone is 2. The largest absolute Gasteiger partial charge is 1.00 e. The topological polar surface area (TPSA) is 0 Å². The first-order chi connectivity index (χ1) is 15.8. The van der Waals surface area contributed by atoms with Gasteiger partial charge in [-0.05, 0) is 84.5 Å². The van der Waals surface area contributed by atoms with E-state index >= 15 is 0 Å². The minimum absolute atomic E-state index is 0. The van der Waals surface area contributed by atoms with E-state index in [4.69, 9.17) is 11.6 Å². The monoisotopic (exact) mass is 488 g/mol. The maximum Gasteiger partial charge on any atom is 0.115 e. The van der Waals surface area contributed by atoms with Crippen molar-refractivity contribution in [2.45, 2.75) is 12.8 Å². The molecule has 3 heteroatoms. The van der Waals surface area contributed by atoms with Crippen LogP contribution < -0.4 is 28.3 Å². The molecule has 33 heavy (non-hydrogen) atoms. The van der Waals surface area contributed by atoms with Crippen molar-refractivity contribution in [1.82, 2.24) is 0 Å². The third-order valence-electron chi connectivity index (χ3n) is 6.37. The third kappa shape index (κ3) is 5.10. The quantitative estimate of drug-likeness (QED) is 0.343. The normalized spacial score (nSPS) is 13.9. The second-order valence-electron chi connectivity index (χ2n) is 8.44. The van der Waals surface area contributed by atoms with Crippen LogP contribution in [0.4, 0.5) is 0 Å². The van der Waals surface area contributed by atoms with Crippen molar-refractivity contribution in [3.05, 3.63) is 132 Å².